The number of carbonyl (C=O) groups excluding carboxylic acids is 1. The molecule has 1 aliphatic heterocycles. The molecule has 1 unspecified atom stereocenters. The van der Waals surface area contributed by atoms with Gasteiger partial charge in [0.15, 0.2) is 5.60 Å². The lowest BCUT2D eigenvalue weighted by atomic mass is 9.92. The highest BCUT2D eigenvalue weighted by Crippen LogP contribution is 2.31. The summed E-state index contributed by atoms with van der Waals surface area (Å²) in [7, 11) is 0. The fraction of sp³-hybridized carbons (Fsp3) is 0.545. The summed E-state index contributed by atoms with van der Waals surface area (Å²) in [6, 6.07) is 9.62. The van der Waals surface area contributed by atoms with Gasteiger partial charge >= 0.3 is 0 Å². The zero-order valence-corrected chi connectivity index (χ0v) is 16.6. The molecular weight excluding hydrogens is 370 g/mol. The van der Waals surface area contributed by atoms with Crippen molar-refractivity contribution in [2.75, 3.05) is 13.2 Å². The first-order chi connectivity index (χ1) is 14.1. The first-order valence-corrected chi connectivity index (χ1v) is 10.3. The van der Waals surface area contributed by atoms with Gasteiger partial charge in [-0.05, 0) is 24.3 Å². The molecule has 29 heavy (non-hydrogen) atoms. The Bertz CT molecular complexity index is 775. The van der Waals surface area contributed by atoms with Crippen LogP contribution in [0.25, 0.3) is 0 Å². The number of aromatic nitrogens is 2. The van der Waals surface area contributed by atoms with E-state index in [4.69, 9.17) is 9.47 Å². The van der Waals surface area contributed by atoms with Crippen LogP contribution >= 0.6 is 0 Å². The summed E-state index contributed by atoms with van der Waals surface area (Å²) in [5.74, 6) is 0.171. The number of nitrogens with zero attached hydrogens (tertiary/aromatic N) is 2. The number of ether oxygens (including phenoxy) is 2. The maximum absolute atomic E-state index is 13.2. The van der Waals surface area contributed by atoms with Gasteiger partial charge < -0.3 is 24.5 Å². The van der Waals surface area contributed by atoms with Crippen LogP contribution in [0.5, 0.6) is 0 Å². The summed E-state index contributed by atoms with van der Waals surface area (Å²) < 4.78 is 13.7. The van der Waals surface area contributed by atoms with Gasteiger partial charge in [-0.1, -0.05) is 30.3 Å². The molecule has 1 aliphatic carbocycles. The molecule has 1 aromatic carbocycles. The summed E-state index contributed by atoms with van der Waals surface area (Å²) in [5, 5.41) is 13.6. The Hall–Kier alpha value is -2.22. The van der Waals surface area contributed by atoms with E-state index in [0.29, 0.717) is 45.0 Å². The lowest BCUT2D eigenvalue weighted by Crippen LogP contribution is -2.55. The number of carbonyl (C=O) groups is 1. The predicted molar refractivity (Wildman–Crippen MR) is 107 cm³/mol. The third-order valence-electron chi connectivity index (χ3n) is 6.04. The molecule has 4 rings (SSSR count). The fourth-order valence-corrected chi connectivity index (χ4v) is 4.35. The molecule has 1 aromatic heterocycles. The average Bonchev–Trinajstić information content (AvgIpc) is 3.38. The van der Waals surface area contributed by atoms with E-state index < -0.39 is 11.7 Å². The highest BCUT2D eigenvalue weighted by Gasteiger charge is 2.44. The van der Waals surface area contributed by atoms with Crippen molar-refractivity contribution in [3.8, 4) is 0 Å². The Morgan fingerprint density at radius 3 is 2.79 bits per heavy atom. The number of amides is 1. The third-order valence-corrected chi connectivity index (χ3v) is 6.04. The summed E-state index contributed by atoms with van der Waals surface area (Å²) in [6.45, 7) is 2.18. The van der Waals surface area contributed by atoms with Crippen LogP contribution in [0.1, 0.15) is 31.2 Å². The van der Waals surface area contributed by atoms with Crippen molar-refractivity contribution in [3.05, 3.63) is 54.6 Å². The SMILES string of the molecule is O=C(N[C@@H]1CC(Cn2ccnc2)C[C@H]1O)C1(OCc2ccccc2)CCOCC1. The van der Waals surface area contributed by atoms with Gasteiger partial charge in [0.25, 0.3) is 5.91 Å². The molecule has 0 spiro atoms. The summed E-state index contributed by atoms with van der Waals surface area (Å²) in [4.78, 5) is 17.3. The maximum Gasteiger partial charge on any atom is 0.252 e. The van der Waals surface area contributed by atoms with Gasteiger partial charge in [0, 0.05) is 45.0 Å². The van der Waals surface area contributed by atoms with Crippen molar-refractivity contribution < 1.29 is 19.4 Å². The second kappa shape index (κ2) is 9.07. The Kier molecular flexibility index (Phi) is 6.28. The van der Waals surface area contributed by atoms with Gasteiger partial charge in [-0.15, -0.1) is 0 Å². The van der Waals surface area contributed by atoms with Crippen molar-refractivity contribution in [3.63, 3.8) is 0 Å². The average molecular weight is 399 g/mol. The van der Waals surface area contributed by atoms with E-state index in [1.807, 2.05) is 41.1 Å². The highest BCUT2D eigenvalue weighted by molar-refractivity contribution is 5.85. The Balaban J connectivity index is 1.38. The maximum atomic E-state index is 13.2. The van der Waals surface area contributed by atoms with Gasteiger partial charge in [0.05, 0.1) is 25.1 Å². The first-order valence-electron chi connectivity index (χ1n) is 10.3. The van der Waals surface area contributed by atoms with Gasteiger partial charge in [0.1, 0.15) is 0 Å². The molecule has 156 valence electrons. The molecule has 2 aromatic rings. The normalized spacial score (nSPS) is 26.3. The van der Waals surface area contributed by atoms with Crippen LogP contribution in [0.3, 0.4) is 0 Å². The zero-order valence-electron chi connectivity index (χ0n) is 16.6. The topological polar surface area (TPSA) is 85.6 Å². The smallest absolute Gasteiger partial charge is 0.252 e. The van der Waals surface area contributed by atoms with Gasteiger partial charge in [-0.2, -0.15) is 0 Å². The zero-order chi connectivity index (χ0) is 20.1. The van der Waals surface area contributed by atoms with Crippen LogP contribution in [-0.2, 0) is 27.4 Å². The summed E-state index contributed by atoms with van der Waals surface area (Å²) >= 11 is 0. The monoisotopic (exact) mass is 399 g/mol. The van der Waals surface area contributed by atoms with Gasteiger partial charge in [-0.3, -0.25) is 4.79 Å². The highest BCUT2D eigenvalue weighted by atomic mass is 16.5. The number of hydrogen-bond acceptors (Lipinski definition) is 5. The van der Waals surface area contributed by atoms with Crippen LogP contribution in [0, 0.1) is 5.92 Å². The number of nitrogens with one attached hydrogen (secondary N) is 1. The van der Waals surface area contributed by atoms with Crippen molar-refractivity contribution in [2.24, 2.45) is 5.92 Å². The minimum absolute atomic E-state index is 0.135. The minimum atomic E-state index is -0.907. The number of rotatable bonds is 7. The second-order valence-corrected chi connectivity index (χ2v) is 8.13. The predicted octanol–water partition coefficient (Wildman–Crippen LogP) is 1.90. The fourth-order valence-electron chi connectivity index (χ4n) is 4.35. The minimum Gasteiger partial charge on any atom is -0.391 e. The van der Waals surface area contributed by atoms with Crippen LogP contribution in [0.2, 0.25) is 0 Å². The molecule has 1 saturated heterocycles. The molecule has 2 heterocycles. The lowest BCUT2D eigenvalue weighted by Gasteiger charge is -2.37. The molecule has 3 atom stereocenters. The van der Waals surface area contributed by atoms with Crippen LogP contribution in [0.4, 0.5) is 0 Å². The molecule has 2 N–H and O–H groups in total. The van der Waals surface area contributed by atoms with Crippen LogP contribution < -0.4 is 5.32 Å². The van der Waals surface area contributed by atoms with Crippen molar-refractivity contribution in [2.45, 2.75) is 56.6 Å². The van der Waals surface area contributed by atoms with E-state index in [9.17, 15) is 9.90 Å². The van der Waals surface area contributed by atoms with E-state index in [2.05, 4.69) is 10.3 Å². The van der Waals surface area contributed by atoms with E-state index in [1.165, 1.54) is 0 Å². The molecule has 1 saturated carbocycles. The largest absolute Gasteiger partial charge is 0.391 e. The van der Waals surface area contributed by atoms with E-state index in [-0.39, 0.29) is 11.9 Å². The Morgan fingerprint density at radius 2 is 2.07 bits per heavy atom. The van der Waals surface area contributed by atoms with E-state index >= 15 is 0 Å². The van der Waals surface area contributed by atoms with E-state index in [0.717, 1.165) is 18.5 Å². The number of hydrogen-bond donors (Lipinski definition) is 2. The summed E-state index contributed by atoms with van der Waals surface area (Å²) in [5.41, 5.74) is 0.128. The molecule has 7 heteroatoms. The third kappa shape index (κ3) is 4.86. The molecule has 2 fully saturated rings. The van der Waals surface area contributed by atoms with Crippen molar-refractivity contribution >= 4 is 5.91 Å². The second-order valence-electron chi connectivity index (χ2n) is 8.13. The summed E-state index contributed by atoms with van der Waals surface area (Å²) in [6.07, 6.45) is 7.38. The van der Waals surface area contributed by atoms with Gasteiger partial charge in [-0.25, -0.2) is 4.98 Å². The number of imidazole rings is 1. The van der Waals surface area contributed by atoms with Gasteiger partial charge in [0.2, 0.25) is 0 Å². The molecule has 0 radical (unpaired) electrons. The standard InChI is InChI=1S/C22H29N3O4/c26-20-13-18(14-25-9-8-23-16-25)12-19(20)24-21(27)22(6-10-28-11-7-22)29-15-17-4-2-1-3-5-17/h1-5,8-9,16,18-20,26H,6-7,10-15H2,(H,24,27)/t18?,19-,20-/m1/s1. The Labute approximate surface area is 171 Å². The molecule has 2 aliphatic rings. The van der Waals surface area contributed by atoms with Crippen LogP contribution in [0.15, 0.2) is 49.1 Å². The lowest BCUT2D eigenvalue weighted by molar-refractivity contribution is -0.164. The van der Waals surface area contributed by atoms with E-state index in [1.54, 1.807) is 12.5 Å². The first kappa shape index (κ1) is 20.1. The number of aliphatic hydroxyl groups is 1. The number of aliphatic hydroxyl groups excluding tert-OH is 1. The molecule has 1 amide bonds. The Morgan fingerprint density at radius 1 is 1.28 bits per heavy atom. The molecule has 7 nitrogen and oxygen atoms in total. The molecule has 0 bridgehead atoms. The van der Waals surface area contributed by atoms with Crippen LogP contribution in [-0.4, -0.2) is 51.5 Å². The number of benzene rings is 1. The van der Waals surface area contributed by atoms with Crippen molar-refractivity contribution in [1.29, 1.82) is 0 Å². The quantitative estimate of drug-likeness (QED) is 0.743. The van der Waals surface area contributed by atoms with Crippen molar-refractivity contribution in [1.82, 2.24) is 14.9 Å². The molecular formula is C22H29N3O4.